The molecular weight excluding hydrogens is 258 g/mol. The van der Waals surface area contributed by atoms with E-state index in [0.717, 1.165) is 22.5 Å². The molecule has 0 saturated carbocycles. The Morgan fingerprint density at radius 3 is 2.68 bits per heavy atom. The van der Waals surface area contributed by atoms with Gasteiger partial charge in [0.2, 0.25) is 5.95 Å². The molecule has 104 valence electrons. The number of thiophene rings is 1. The lowest BCUT2D eigenvalue weighted by Crippen LogP contribution is -2.25. The lowest BCUT2D eigenvalue weighted by molar-refractivity contribution is 0.510. The average Bonchev–Trinajstić information content (AvgIpc) is 2.75. The molecule has 0 saturated heterocycles. The number of hydrazine groups is 1. The zero-order valence-corrected chi connectivity index (χ0v) is 12.6. The van der Waals surface area contributed by atoms with Gasteiger partial charge >= 0.3 is 0 Å². The van der Waals surface area contributed by atoms with Crippen molar-refractivity contribution in [3.63, 3.8) is 0 Å². The average molecular weight is 279 g/mol. The highest BCUT2D eigenvalue weighted by atomic mass is 32.1. The summed E-state index contributed by atoms with van der Waals surface area (Å²) in [5.74, 6) is 7.30. The molecule has 0 aliphatic heterocycles. The Balaban J connectivity index is 2.45. The van der Waals surface area contributed by atoms with Crippen LogP contribution in [0.4, 0.5) is 11.8 Å². The molecule has 2 rings (SSSR count). The van der Waals surface area contributed by atoms with Crippen molar-refractivity contribution in [2.24, 2.45) is 11.8 Å². The minimum Gasteiger partial charge on any atom is -0.366 e. The van der Waals surface area contributed by atoms with Crippen LogP contribution in [0, 0.1) is 12.8 Å². The normalized spacial score (nSPS) is 12.9. The van der Waals surface area contributed by atoms with Crippen molar-refractivity contribution in [1.29, 1.82) is 0 Å². The number of rotatable bonds is 5. The Labute approximate surface area is 117 Å². The molecule has 1 atom stereocenters. The Hall–Kier alpha value is -1.40. The number of hydrogen-bond acceptors (Lipinski definition) is 6. The molecule has 0 radical (unpaired) electrons. The maximum absolute atomic E-state index is 5.44. The summed E-state index contributed by atoms with van der Waals surface area (Å²) in [6.07, 6.45) is 1.05. The summed E-state index contributed by atoms with van der Waals surface area (Å²) in [6.45, 7) is 8.67. The van der Waals surface area contributed by atoms with E-state index in [0.29, 0.717) is 17.9 Å². The molecule has 4 N–H and O–H groups in total. The van der Waals surface area contributed by atoms with Gasteiger partial charge in [-0.2, -0.15) is 4.98 Å². The lowest BCUT2D eigenvalue weighted by Gasteiger charge is -2.21. The molecule has 0 bridgehead atoms. The SMILES string of the molecule is CCC(Nc1nc(NN)nc2sc(C)cc12)C(C)C. The smallest absolute Gasteiger partial charge is 0.240 e. The van der Waals surface area contributed by atoms with Gasteiger partial charge < -0.3 is 5.32 Å². The van der Waals surface area contributed by atoms with Gasteiger partial charge in [0, 0.05) is 10.9 Å². The van der Waals surface area contributed by atoms with E-state index in [1.807, 2.05) is 0 Å². The molecule has 2 heterocycles. The van der Waals surface area contributed by atoms with Crippen LogP contribution < -0.4 is 16.6 Å². The number of hydrogen-bond donors (Lipinski definition) is 3. The van der Waals surface area contributed by atoms with Crippen LogP contribution in [0.3, 0.4) is 0 Å². The summed E-state index contributed by atoms with van der Waals surface area (Å²) in [5.41, 5.74) is 2.53. The third-order valence-electron chi connectivity index (χ3n) is 3.21. The fourth-order valence-electron chi connectivity index (χ4n) is 2.13. The van der Waals surface area contributed by atoms with Gasteiger partial charge in [0.1, 0.15) is 10.6 Å². The van der Waals surface area contributed by atoms with Crippen LogP contribution >= 0.6 is 11.3 Å². The summed E-state index contributed by atoms with van der Waals surface area (Å²) >= 11 is 1.65. The monoisotopic (exact) mass is 279 g/mol. The van der Waals surface area contributed by atoms with Crippen molar-refractivity contribution in [2.45, 2.75) is 40.2 Å². The number of nitrogens with one attached hydrogen (secondary N) is 2. The molecule has 2 aromatic rings. The Morgan fingerprint density at radius 1 is 1.37 bits per heavy atom. The lowest BCUT2D eigenvalue weighted by atomic mass is 10.0. The van der Waals surface area contributed by atoms with E-state index in [1.165, 1.54) is 4.88 Å². The zero-order chi connectivity index (χ0) is 14.0. The van der Waals surface area contributed by atoms with Crippen molar-refractivity contribution < 1.29 is 0 Å². The van der Waals surface area contributed by atoms with E-state index in [-0.39, 0.29) is 0 Å². The fourth-order valence-corrected chi connectivity index (χ4v) is 3.01. The maximum atomic E-state index is 5.44. The van der Waals surface area contributed by atoms with Crippen LogP contribution in [0.1, 0.15) is 32.1 Å². The molecule has 0 spiro atoms. The fraction of sp³-hybridized carbons (Fsp3) is 0.538. The summed E-state index contributed by atoms with van der Waals surface area (Å²) < 4.78 is 0. The first kappa shape index (κ1) is 14.0. The zero-order valence-electron chi connectivity index (χ0n) is 11.8. The maximum Gasteiger partial charge on any atom is 0.240 e. The number of anilines is 2. The Kier molecular flexibility index (Phi) is 4.21. The summed E-state index contributed by atoms with van der Waals surface area (Å²) in [7, 11) is 0. The van der Waals surface area contributed by atoms with Crippen LogP contribution in [-0.4, -0.2) is 16.0 Å². The van der Waals surface area contributed by atoms with Gasteiger partial charge in [-0.15, -0.1) is 11.3 Å². The third kappa shape index (κ3) is 2.96. The number of nitrogens with two attached hydrogens (primary N) is 1. The van der Waals surface area contributed by atoms with E-state index < -0.39 is 0 Å². The van der Waals surface area contributed by atoms with Gasteiger partial charge in [-0.1, -0.05) is 20.8 Å². The van der Waals surface area contributed by atoms with Gasteiger partial charge in [-0.25, -0.2) is 10.8 Å². The minimum absolute atomic E-state index is 0.393. The summed E-state index contributed by atoms with van der Waals surface area (Å²) in [5, 5.41) is 4.59. The molecule has 0 aromatic carbocycles. The van der Waals surface area contributed by atoms with Crippen LogP contribution in [-0.2, 0) is 0 Å². The van der Waals surface area contributed by atoms with Crippen LogP contribution in [0.5, 0.6) is 0 Å². The highest BCUT2D eigenvalue weighted by Gasteiger charge is 2.15. The number of nitrogen functional groups attached to an aromatic ring is 1. The molecule has 0 aliphatic carbocycles. The van der Waals surface area contributed by atoms with E-state index in [2.05, 4.69) is 54.5 Å². The first-order valence-corrected chi connectivity index (χ1v) is 7.38. The number of aromatic nitrogens is 2. The second kappa shape index (κ2) is 5.71. The van der Waals surface area contributed by atoms with E-state index in [9.17, 15) is 0 Å². The quantitative estimate of drug-likeness (QED) is 0.579. The summed E-state index contributed by atoms with van der Waals surface area (Å²) in [4.78, 5) is 11.0. The predicted octanol–water partition coefficient (Wildman–Crippen LogP) is 3.13. The van der Waals surface area contributed by atoms with Crippen molar-refractivity contribution in [3.8, 4) is 0 Å². The van der Waals surface area contributed by atoms with Gasteiger partial charge in [0.05, 0.1) is 5.39 Å². The van der Waals surface area contributed by atoms with E-state index in [1.54, 1.807) is 11.3 Å². The van der Waals surface area contributed by atoms with Crippen molar-refractivity contribution >= 4 is 33.3 Å². The van der Waals surface area contributed by atoms with Gasteiger partial charge in [-0.05, 0) is 25.3 Å². The number of fused-ring (bicyclic) bond motifs is 1. The molecule has 19 heavy (non-hydrogen) atoms. The molecule has 0 fully saturated rings. The molecule has 0 aliphatic rings. The number of nitrogens with zero attached hydrogens (tertiary/aromatic N) is 2. The molecular formula is C13H21N5S. The molecule has 1 unspecified atom stereocenters. The van der Waals surface area contributed by atoms with E-state index >= 15 is 0 Å². The second-order valence-corrected chi connectivity index (χ2v) is 6.25. The molecule has 2 aromatic heterocycles. The van der Waals surface area contributed by atoms with Gasteiger partial charge in [-0.3, -0.25) is 5.43 Å². The highest BCUT2D eigenvalue weighted by Crippen LogP contribution is 2.30. The third-order valence-corrected chi connectivity index (χ3v) is 4.16. The second-order valence-electron chi connectivity index (χ2n) is 5.02. The molecule has 6 heteroatoms. The van der Waals surface area contributed by atoms with Gasteiger partial charge in [0.15, 0.2) is 0 Å². The summed E-state index contributed by atoms with van der Waals surface area (Å²) in [6, 6.07) is 2.51. The van der Waals surface area contributed by atoms with Crippen LogP contribution in [0.2, 0.25) is 0 Å². The largest absolute Gasteiger partial charge is 0.366 e. The Bertz CT molecular complexity index is 563. The van der Waals surface area contributed by atoms with Gasteiger partial charge in [0.25, 0.3) is 0 Å². The van der Waals surface area contributed by atoms with Crippen molar-refractivity contribution in [3.05, 3.63) is 10.9 Å². The first-order valence-electron chi connectivity index (χ1n) is 6.56. The minimum atomic E-state index is 0.393. The van der Waals surface area contributed by atoms with E-state index in [4.69, 9.17) is 5.84 Å². The van der Waals surface area contributed by atoms with Crippen molar-refractivity contribution in [2.75, 3.05) is 10.7 Å². The topological polar surface area (TPSA) is 75.9 Å². The van der Waals surface area contributed by atoms with Crippen LogP contribution in [0.15, 0.2) is 6.07 Å². The highest BCUT2D eigenvalue weighted by molar-refractivity contribution is 7.18. The molecule has 0 amide bonds. The molecule has 5 nitrogen and oxygen atoms in total. The number of aryl methyl sites for hydroxylation is 1. The standard InChI is InChI=1S/C13H21N5S/c1-5-10(7(2)3)15-11-9-6-8(4)19-12(9)17-13(16-11)18-14/h6-7,10H,5,14H2,1-4H3,(H2,15,16,17,18). The first-order chi connectivity index (χ1) is 9.05. The van der Waals surface area contributed by atoms with Crippen molar-refractivity contribution in [1.82, 2.24) is 9.97 Å². The Morgan fingerprint density at radius 2 is 2.11 bits per heavy atom. The predicted molar refractivity (Wildman–Crippen MR) is 82.5 cm³/mol. The van der Waals surface area contributed by atoms with Crippen LogP contribution in [0.25, 0.3) is 10.2 Å².